The van der Waals surface area contributed by atoms with Gasteiger partial charge in [0.2, 0.25) is 0 Å². The third kappa shape index (κ3) is 3.07. The van der Waals surface area contributed by atoms with Gasteiger partial charge < -0.3 is 0 Å². The zero-order valence-corrected chi connectivity index (χ0v) is 11.0. The predicted molar refractivity (Wildman–Crippen MR) is 70.0 cm³/mol. The molecule has 0 heterocycles. The highest BCUT2D eigenvalue weighted by atomic mass is 19.4. The first-order valence-electron chi connectivity index (χ1n) is 6.13. The number of alkyl halides is 3. The number of nitriles is 2. The van der Waals surface area contributed by atoms with Crippen LogP contribution in [0.1, 0.15) is 28.2 Å². The van der Waals surface area contributed by atoms with Gasteiger partial charge >= 0.3 is 6.18 Å². The van der Waals surface area contributed by atoms with E-state index >= 15 is 0 Å². The van der Waals surface area contributed by atoms with Crippen LogP contribution in [0.3, 0.4) is 0 Å². The number of hydrogen-bond donors (Lipinski definition) is 0. The van der Waals surface area contributed by atoms with E-state index in [0.29, 0.717) is 11.6 Å². The van der Waals surface area contributed by atoms with Crippen LogP contribution in [0.4, 0.5) is 17.6 Å². The van der Waals surface area contributed by atoms with Crippen molar-refractivity contribution in [2.24, 2.45) is 0 Å². The van der Waals surface area contributed by atoms with Crippen LogP contribution in [0.5, 0.6) is 0 Å². The Kier molecular flexibility index (Phi) is 4.14. The van der Waals surface area contributed by atoms with Gasteiger partial charge in [-0.25, -0.2) is 4.39 Å². The van der Waals surface area contributed by atoms with Gasteiger partial charge in [0, 0.05) is 0 Å². The third-order valence-electron chi connectivity index (χ3n) is 3.14. The molecular weight excluding hydrogens is 296 g/mol. The maximum atomic E-state index is 12.9. The molecule has 0 spiro atoms. The van der Waals surface area contributed by atoms with Crippen molar-refractivity contribution in [1.29, 1.82) is 10.5 Å². The van der Waals surface area contributed by atoms with Crippen LogP contribution in [-0.4, -0.2) is 0 Å². The van der Waals surface area contributed by atoms with Crippen LogP contribution in [0.2, 0.25) is 0 Å². The standard InChI is InChI=1S/C16H8F4N2/c17-13-4-1-10(2-5-13)15(9-22)14-6-3-12(16(18,19)20)7-11(14)8-21/h1-7,15H. The molecule has 2 aromatic rings. The minimum atomic E-state index is -4.57. The monoisotopic (exact) mass is 304 g/mol. The Morgan fingerprint density at radius 1 is 0.955 bits per heavy atom. The predicted octanol–water partition coefficient (Wildman–Crippen LogP) is 4.37. The molecule has 0 saturated carbocycles. The second-order valence-electron chi connectivity index (χ2n) is 4.53. The van der Waals surface area contributed by atoms with Crippen LogP contribution >= 0.6 is 0 Å². The van der Waals surface area contributed by atoms with Crippen molar-refractivity contribution in [1.82, 2.24) is 0 Å². The van der Waals surface area contributed by atoms with Crippen LogP contribution < -0.4 is 0 Å². The summed E-state index contributed by atoms with van der Waals surface area (Å²) in [6.45, 7) is 0. The molecule has 22 heavy (non-hydrogen) atoms. The largest absolute Gasteiger partial charge is 0.416 e. The molecule has 0 aromatic heterocycles. The van der Waals surface area contributed by atoms with E-state index in [2.05, 4.69) is 0 Å². The van der Waals surface area contributed by atoms with Gasteiger partial charge in [0.15, 0.2) is 0 Å². The average Bonchev–Trinajstić information content (AvgIpc) is 2.49. The Morgan fingerprint density at radius 2 is 1.59 bits per heavy atom. The Morgan fingerprint density at radius 3 is 2.09 bits per heavy atom. The van der Waals surface area contributed by atoms with Gasteiger partial charge in [-0.2, -0.15) is 23.7 Å². The smallest absolute Gasteiger partial charge is 0.207 e. The zero-order chi connectivity index (χ0) is 16.3. The summed E-state index contributed by atoms with van der Waals surface area (Å²) < 4.78 is 50.9. The van der Waals surface area contributed by atoms with Crippen molar-refractivity contribution >= 4 is 0 Å². The summed E-state index contributed by atoms with van der Waals surface area (Å²) in [5, 5.41) is 18.3. The Bertz CT molecular complexity index is 765. The lowest BCUT2D eigenvalue weighted by Gasteiger charge is -2.14. The van der Waals surface area contributed by atoms with E-state index in [0.717, 1.165) is 24.3 Å². The number of rotatable bonds is 2. The van der Waals surface area contributed by atoms with Gasteiger partial charge in [-0.3, -0.25) is 0 Å². The molecule has 0 aliphatic carbocycles. The molecule has 1 atom stereocenters. The SMILES string of the molecule is N#Cc1cc(C(F)(F)F)ccc1C(C#N)c1ccc(F)cc1. The highest BCUT2D eigenvalue weighted by molar-refractivity contribution is 5.49. The van der Waals surface area contributed by atoms with Gasteiger partial charge in [-0.15, -0.1) is 0 Å². The molecule has 2 aromatic carbocycles. The third-order valence-corrected chi connectivity index (χ3v) is 3.14. The maximum Gasteiger partial charge on any atom is 0.416 e. The van der Waals surface area contributed by atoms with E-state index in [1.807, 2.05) is 6.07 Å². The second-order valence-corrected chi connectivity index (χ2v) is 4.53. The summed E-state index contributed by atoms with van der Waals surface area (Å²) >= 11 is 0. The fourth-order valence-electron chi connectivity index (χ4n) is 2.06. The van der Waals surface area contributed by atoms with Gasteiger partial charge in [-0.05, 0) is 35.4 Å². The molecule has 0 radical (unpaired) electrons. The fourth-order valence-corrected chi connectivity index (χ4v) is 2.06. The number of halogens is 4. The summed E-state index contributed by atoms with van der Waals surface area (Å²) in [7, 11) is 0. The summed E-state index contributed by atoms with van der Waals surface area (Å²) in [5.74, 6) is -1.44. The van der Waals surface area contributed by atoms with Crippen molar-refractivity contribution in [2.45, 2.75) is 12.1 Å². The number of nitrogens with zero attached hydrogens (tertiary/aromatic N) is 2. The summed E-state index contributed by atoms with van der Waals surface area (Å²) in [6.07, 6.45) is -4.57. The maximum absolute atomic E-state index is 12.9. The van der Waals surface area contributed by atoms with Gasteiger partial charge in [-0.1, -0.05) is 18.2 Å². The fraction of sp³-hybridized carbons (Fsp3) is 0.125. The minimum Gasteiger partial charge on any atom is -0.207 e. The Labute approximate surface area is 123 Å². The molecule has 0 amide bonds. The number of benzene rings is 2. The van der Waals surface area contributed by atoms with E-state index in [4.69, 9.17) is 5.26 Å². The van der Waals surface area contributed by atoms with Gasteiger partial charge in [0.25, 0.3) is 0 Å². The topological polar surface area (TPSA) is 47.6 Å². The zero-order valence-electron chi connectivity index (χ0n) is 11.0. The lowest BCUT2D eigenvalue weighted by molar-refractivity contribution is -0.137. The van der Waals surface area contributed by atoms with Crippen molar-refractivity contribution in [3.05, 3.63) is 70.5 Å². The normalized spacial score (nSPS) is 12.3. The van der Waals surface area contributed by atoms with Gasteiger partial charge in [0.05, 0.1) is 29.2 Å². The van der Waals surface area contributed by atoms with E-state index in [1.165, 1.54) is 12.1 Å². The quantitative estimate of drug-likeness (QED) is 0.773. The molecule has 0 aliphatic rings. The van der Waals surface area contributed by atoms with Crippen LogP contribution in [0.15, 0.2) is 42.5 Å². The molecule has 110 valence electrons. The van der Waals surface area contributed by atoms with E-state index in [9.17, 15) is 22.8 Å². The first-order chi connectivity index (χ1) is 10.4. The average molecular weight is 304 g/mol. The summed E-state index contributed by atoms with van der Waals surface area (Å²) in [6, 6.07) is 11.3. The Hall–Kier alpha value is -2.86. The number of hydrogen-bond acceptors (Lipinski definition) is 2. The first kappa shape index (κ1) is 15.5. The van der Waals surface area contributed by atoms with Crippen molar-refractivity contribution < 1.29 is 17.6 Å². The van der Waals surface area contributed by atoms with Crippen LogP contribution in [0, 0.1) is 28.5 Å². The molecule has 0 saturated heterocycles. The lowest BCUT2D eigenvalue weighted by Crippen LogP contribution is -2.08. The second kappa shape index (κ2) is 5.87. The molecule has 0 N–H and O–H groups in total. The molecule has 1 unspecified atom stereocenters. The Balaban J connectivity index is 2.53. The van der Waals surface area contributed by atoms with E-state index in [-0.39, 0.29) is 11.1 Å². The van der Waals surface area contributed by atoms with Crippen molar-refractivity contribution in [3.8, 4) is 12.1 Å². The summed E-state index contributed by atoms with van der Waals surface area (Å²) in [5.41, 5.74) is -0.626. The van der Waals surface area contributed by atoms with E-state index in [1.54, 1.807) is 6.07 Å². The van der Waals surface area contributed by atoms with Crippen LogP contribution in [0.25, 0.3) is 0 Å². The van der Waals surface area contributed by atoms with Crippen molar-refractivity contribution in [3.63, 3.8) is 0 Å². The molecule has 2 nitrogen and oxygen atoms in total. The van der Waals surface area contributed by atoms with Gasteiger partial charge in [0.1, 0.15) is 5.82 Å². The molecule has 0 aliphatic heterocycles. The summed E-state index contributed by atoms with van der Waals surface area (Å²) in [4.78, 5) is 0. The van der Waals surface area contributed by atoms with E-state index < -0.39 is 23.5 Å². The first-order valence-corrected chi connectivity index (χ1v) is 6.13. The van der Waals surface area contributed by atoms with Crippen LogP contribution in [-0.2, 0) is 6.18 Å². The minimum absolute atomic E-state index is 0.157. The molecule has 0 bridgehead atoms. The highest BCUT2D eigenvalue weighted by Gasteiger charge is 2.31. The molecule has 6 heteroatoms. The lowest BCUT2D eigenvalue weighted by atomic mass is 9.88. The molecule has 2 rings (SSSR count). The highest BCUT2D eigenvalue weighted by Crippen LogP contribution is 2.33. The van der Waals surface area contributed by atoms with Crippen molar-refractivity contribution in [2.75, 3.05) is 0 Å². The molecule has 0 fully saturated rings. The molecular formula is C16H8F4N2.